The van der Waals surface area contributed by atoms with Crippen molar-refractivity contribution in [2.24, 2.45) is 0 Å². The first-order valence-corrected chi connectivity index (χ1v) is 12.5. The second kappa shape index (κ2) is 13.1. The van der Waals surface area contributed by atoms with E-state index in [1.807, 2.05) is 0 Å². The van der Waals surface area contributed by atoms with Crippen molar-refractivity contribution >= 4 is 34.2 Å². The van der Waals surface area contributed by atoms with Gasteiger partial charge in [-0.25, -0.2) is 9.97 Å². The molecule has 3 N–H and O–H groups in total. The Morgan fingerprint density at radius 1 is 1.11 bits per heavy atom. The van der Waals surface area contributed by atoms with Gasteiger partial charge in [0.1, 0.15) is 23.9 Å². The molecule has 1 aliphatic heterocycles. The molecule has 0 bridgehead atoms. The van der Waals surface area contributed by atoms with Crippen molar-refractivity contribution in [1.82, 2.24) is 14.9 Å². The van der Waals surface area contributed by atoms with Gasteiger partial charge in [-0.3, -0.25) is 9.00 Å². The average Bonchev–Trinajstić information content (AvgIpc) is 2.89. The largest absolute Gasteiger partial charge is 0.768 e. The van der Waals surface area contributed by atoms with E-state index in [1.165, 1.54) is 42.7 Å². The normalized spacial score (nSPS) is 15.1. The number of nitrogens with zero attached hydrogens (tertiary/aromatic N) is 4. The minimum Gasteiger partial charge on any atom is -0.768 e. The van der Waals surface area contributed by atoms with Crippen LogP contribution in [0.15, 0.2) is 72.0 Å². The Labute approximate surface area is 222 Å². The summed E-state index contributed by atoms with van der Waals surface area (Å²) < 4.78 is 62.4. The summed E-state index contributed by atoms with van der Waals surface area (Å²) in [6.07, 6.45) is -1.74. The van der Waals surface area contributed by atoms with E-state index in [-0.39, 0.29) is 19.4 Å². The molecule has 38 heavy (non-hydrogen) atoms. The fourth-order valence-electron chi connectivity index (χ4n) is 3.59. The lowest BCUT2D eigenvalue weighted by Crippen LogP contribution is -2.52. The van der Waals surface area contributed by atoms with Gasteiger partial charge in [0.2, 0.25) is 5.91 Å². The van der Waals surface area contributed by atoms with Gasteiger partial charge in [-0.1, -0.05) is 0 Å². The Morgan fingerprint density at radius 2 is 1.74 bits per heavy atom. The van der Waals surface area contributed by atoms with Gasteiger partial charge in [0, 0.05) is 51.5 Å². The number of amides is 1. The molecule has 1 fully saturated rings. The van der Waals surface area contributed by atoms with Crippen LogP contribution in [0.1, 0.15) is 9.78 Å². The molecule has 0 saturated carbocycles. The third-order valence-corrected chi connectivity index (χ3v) is 6.09. The van der Waals surface area contributed by atoms with Gasteiger partial charge in [-0.15, -0.1) is 13.2 Å². The van der Waals surface area contributed by atoms with Gasteiger partial charge >= 0.3 is 6.36 Å². The number of nitrogens with two attached hydrogens (primary N) is 1. The third-order valence-electron chi connectivity index (χ3n) is 5.43. The summed E-state index contributed by atoms with van der Waals surface area (Å²) in [4.78, 5) is 24.0. The maximum Gasteiger partial charge on any atom is 0.573 e. The third kappa shape index (κ3) is 8.88. The van der Waals surface area contributed by atoms with Crippen LogP contribution in [0, 0.1) is 0 Å². The van der Waals surface area contributed by atoms with Gasteiger partial charge in [-0.2, -0.15) is 0 Å². The summed E-state index contributed by atoms with van der Waals surface area (Å²) in [5.41, 5.74) is 6.59. The number of halogens is 3. The van der Waals surface area contributed by atoms with Crippen molar-refractivity contribution in [3.05, 3.63) is 67.1 Å². The highest BCUT2D eigenvalue weighted by Crippen LogP contribution is 2.24. The van der Waals surface area contributed by atoms with Crippen molar-refractivity contribution < 1.29 is 34.3 Å². The number of benzene rings is 2. The lowest BCUT2D eigenvalue weighted by molar-refractivity contribution is -0.274. The number of ether oxygens (including phenoxy) is 1. The van der Waals surface area contributed by atoms with Crippen molar-refractivity contribution in [3.8, 4) is 5.75 Å². The lowest BCUT2D eigenvalue weighted by atomic mass is 10.2. The molecule has 0 radical (unpaired) electrons. The van der Waals surface area contributed by atoms with Crippen LogP contribution in [0.2, 0.25) is 0 Å². The number of carbonyl (C=O) groups excluding carboxylic acids is 1. The molecule has 2 heterocycles. The van der Waals surface area contributed by atoms with Gasteiger partial charge in [0.05, 0.1) is 0 Å². The fraction of sp³-hybridized carbons (Fsp3) is 0.292. The van der Waals surface area contributed by atoms with Gasteiger partial charge in [0.15, 0.2) is 0 Å². The quantitative estimate of drug-likeness (QED) is 0.438. The number of rotatable bonds is 6. The second-order valence-electron chi connectivity index (χ2n) is 8.11. The Morgan fingerprint density at radius 3 is 2.21 bits per heavy atom. The lowest BCUT2D eigenvalue weighted by Gasteiger charge is -2.37. The van der Waals surface area contributed by atoms with Crippen LogP contribution in [-0.2, 0) is 15.9 Å². The van der Waals surface area contributed by atoms with E-state index >= 15 is 0 Å². The average molecular weight is 556 g/mol. The molecule has 0 spiro atoms. The molecule has 10 nitrogen and oxygen atoms in total. The Hall–Kier alpha value is -3.91. The van der Waals surface area contributed by atoms with Crippen LogP contribution in [0.3, 0.4) is 0 Å². The summed E-state index contributed by atoms with van der Waals surface area (Å²) in [6, 6.07) is 12.8. The predicted molar refractivity (Wildman–Crippen MR) is 139 cm³/mol. The highest BCUT2D eigenvalue weighted by atomic mass is 32.2. The van der Waals surface area contributed by atoms with E-state index in [2.05, 4.69) is 24.9 Å². The van der Waals surface area contributed by atoms with Crippen LogP contribution in [0.5, 0.6) is 5.75 Å². The first-order chi connectivity index (χ1) is 18.0. The fourth-order valence-corrected chi connectivity index (χ4v) is 3.95. The number of hydrogen-bond donors (Lipinski definition) is 2. The molecular formula is C24H30F3N6O4S-. The van der Waals surface area contributed by atoms with Gasteiger partial charge in [-0.05, 0) is 72.6 Å². The molecule has 14 heteroatoms. The van der Waals surface area contributed by atoms with Crippen LogP contribution >= 0.6 is 0 Å². The van der Waals surface area contributed by atoms with Crippen molar-refractivity contribution in [1.29, 1.82) is 0 Å². The van der Waals surface area contributed by atoms with E-state index in [1.54, 1.807) is 36.2 Å². The molecule has 1 aromatic heterocycles. The van der Waals surface area contributed by atoms with Crippen molar-refractivity contribution in [2.75, 3.05) is 42.1 Å². The number of nitrogens with one attached hydrogen (secondary N) is 1. The minimum absolute atomic E-state index is 0. The number of carbonyl (C=O) groups is 1. The number of piperazine rings is 1. The highest BCUT2D eigenvalue weighted by molar-refractivity contribution is 7.79. The standard InChI is InChI=1S/C20H22F3N3O4S.C4H5N3.2H2/c1-14(24-15-2-6-17(7-3-15)30-20(21,22)23)19(27)26-12-10-25(11-13-26)16-4-8-18(9-5-16)31(28)29;5-4-1-2-6-3-7-4;;/h2-9,14,24H,10-13H2,1H3,(H,28,29);1-3H,(H2,5,6,7);2*1H/p-1. The van der Waals surface area contributed by atoms with E-state index in [4.69, 9.17) is 5.73 Å². The van der Waals surface area contributed by atoms with E-state index in [0.717, 1.165) is 5.69 Å². The molecule has 2 atom stereocenters. The van der Waals surface area contributed by atoms with E-state index < -0.39 is 23.5 Å². The number of alkyl halides is 3. The molecule has 208 valence electrons. The van der Waals surface area contributed by atoms with Crippen LogP contribution in [0.25, 0.3) is 0 Å². The number of nitrogen functional groups attached to an aromatic ring is 1. The molecular weight excluding hydrogens is 525 g/mol. The maximum atomic E-state index is 12.7. The Balaban J connectivity index is 0.000000776. The molecule has 1 saturated heterocycles. The number of anilines is 3. The zero-order chi connectivity index (χ0) is 27.7. The predicted octanol–water partition coefficient (Wildman–Crippen LogP) is 3.52. The maximum absolute atomic E-state index is 12.7. The number of aromatic nitrogens is 2. The topological polar surface area (TPSA) is 137 Å². The Kier molecular flexibility index (Phi) is 9.85. The molecule has 1 amide bonds. The van der Waals surface area contributed by atoms with Gasteiger partial charge < -0.3 is 30.1 Å². The Bertz CT molecular complexity index is 1200. The molecule has 2 unspecified atom stereocenters. The zero-order valence-electron chi connectivity index (χ0n) is 20.3. The molecule has 1 aliphatic rings. The summed E-state index contributed by atoms with van der Waals surface area (Å²) in [7, 11) is 0. The first-order valence-electron chi connectivity index (χ1n) is 11.4. The van der Waals surface area contributed by atoms with Crippen LogP contribution in [0.4, 0.5) is 30.4 Å². The highest BCUT2D eigenvalue weighted by Gasteiger charge is 2.31. The number of hydrogen-bond acceptors (Lipinski definition) is 9. The SMILES string of the molecule is CC(Nc1ccc(OC(F)(F)F)cc1)C(=O)N1CCN(c2ccc(S(=O)[O-])cc2)CC1.Nc1ccncn1.[HH].[HH]. The second-order valence-corrected chi connectivity index (χ2v) is 9.05. The minimum atomic E-state index is -4.75. The molecule has 0 aliphatic carbocycles. The zero-order valence-corrected chi connectivity index (χ0v) is 21.1. The summed E-state index contributed by atoms with van der Waals surface area (Å²) >= 11 is -2.27. The smallest absolute Gasteiger partial charge is 0.573 e. The van der Waals surface area contributed by atoms with Crippen LogP contribution in [-0.4, -0.2) is 68.1 Å². The molecule has 3 aromatic rings. The van der Waals surface area contributed by atoms with Crippen molar-refractivity contribution in [3.63, 3.8) is 0 Å². The monoisotopic (exact) mass is 555 g/mol. The summed E-state index contributed by atoms with van der Waals surface area (Å²) in [5, 5.41) is 2.99. The molecule has 2 aromatic carbocycles. The van der Waals surface area contributed by atoms with E-state index in [0.29, 0.717) is 37.7 Å². The summed E-state index contributed by atoms with van der Waals surface area (Å²) in [6.45, 7) is 3.89. The van der Waals surface area contributed by atoms with E-state index in [9.17, 15) is 26.7 Å². The van der Waals surface area contributed by atoms with Crippen molar-refractivity contribution in [2.45, 2.75) is 24.2 Å². The van der Waals surface area contributed by atoms with Crippen LogP contribution < -0.4 is 20.7 Å². The molecule has 4 rings (SSSR count). The summed E-state index contributed by atoms with van der Waals surface area (Å²) in [5.74, 6) is 0.0602. The van der Waals surface area contributed by atoms with Gasteiger partial charge in [0.25, 0.3) is 0 Å². The first kappa shape index (κ1) is 28.7.